The van der Waals surface area contributed by atoms with E-state index < -0.39 is 34.8 Å². The lowest BCUT2D eigenvalue weighted by Crippen LogP contribution is -2.53. The highest BCUT2D eigenvalue weighted by Crippen LogP contribution is 2.34. The maximum Gasteiger partial charge on any atom is 0.418 e. The van der Waals surface area contributed by atoms with Crippen LogP contribution in [-0.2, 0) is 11.0 Å². The lowest BCUT2D eigenvalue weighted by Gasteiger charge is -2.23. The number of primary amides is 1. The second-order valence-electron chi connectivity index (χ2n) is 4.71. The molecule has 0 bridgehead atoms. The molecule has 2 amide bonds. The van der Waals surface area contributed by atoms with E-state index >= 15 is 0 Å². The van der Waals surface area contributed by atoms with Crippen molar-refractivity contribution in [1.82, 2.24) is 5.32 Å². The minimum absolute atomic E-state index is 0.367. The van der Waals surface area contributed by atoms with Crippen LogP contribution >= 0.6 is 0 Å². The summed E-state index contributed by atoms with van der Waals surface area (Å²) in [6.45, 7) is 2.66. The van der Waals surface area contributed by atoms with Crippen molar-refractivity contribution in [2.24, 2.45) is 5.73 Å². The number of alkyl halides is 3. The zero-order valence-corrected chi connectivity index (χ0v) is 10.8. The van der Waals surface area contributed by atoms with Crippen molar-refractivity contribution in [3.05, 3.63) is 29.3 Å². The van der Waals surface area contributed by atoms with E-state index in [1.54, 1.807) is 0 Å². The van der Waals surface area contributed by atoms with Gasteiger partial charge in [0, 0.05) is 0 Å². The number of benzene rings is 1. The van der Waals surface area contributed by atoms with Crippen LogP contribution < -0.4 is 16.8 Å². The van der Waals surface area contributed by atoms with Gasteiger partial charge in [-0.05, 0) is 26.0 Å². The third-order valence-electron chi connectivity index (χ3n) is 2.70. The lowest BCUT2D eigenvalue weighted by molar-refractivity contribution is -0.137. The number of carbonyl (C=O) groups is 2. The van der Waals surface area contributed by atoms with Crippen LogP contribution in [-0.4, -0.2) is 17.4 Å². The maximum atomic E-state index is 12.7. The zero-order chi connectivity index (χ0) is 15.7. The van der Waals surface area contributed by atoms with Crippen molar-refractivity contribution >= 4 is 17.5 Å². The number of amides is 2. The van der Waals surface area contributed by atoms with Gasteiger partial charge in [0.2, 0.25) is 5.91 Å². The molecule has 0 radical (unpaired) electrons. The van der Waals surface area contributed by atoms with Crippen LogP contribution in [0, 0.1) is 0 Å². The number of anilines is 1. The van der Waals surface area contributed by atoms with E-state index in [1.807, 2.05) is 0 Å². The summed E-state index contributed by atoms with van der Waals surface area (Å²) in [5, 5.41) is 2.23. The molecule has 0 aromatic heterocycles. The zero-order valence-electron chi connectivity index (χ0n) is 10.8. The molecule has 8 heteroatoms. The number of hydrogen-bond donors (Lipinski definition) is 3. The van der Waals surface area contributed by atoms with E-state index in [2.05, 4.69) is 5.32 Å². The van der Waals surface area contributed by atoms with E-state index in [0.717, 1.165) is 18.2 Å². The van der Waals surface area contributed by atoms with E-state index in [-0.39, 0.29) is 5.56 Å². The van der Waals surface area contributed by atoms with Gasteiger partial charge in [-0.1, -0.05) is 6.07 Å². The van der Waals surface area contributed by atoms with Gasteiger partial charge in [-0.2, -0.15) is 13.2 Å². The summed E-state index contributed by atoms with van der Waals surface area (Å²) < 4.78 is 38.0. The van der Waals surface area contributed by atoms with E-state index in [4.69, 9.17) is 11.5 Å². The molecular formula is C12H14F3N3O2. The van der Waals surface area contributed by atoms with Gasteiger partial charge in [-0.3, -0.25) is 9.59 Å². The van der Waals surface area contributed by atoms with E-state index in [9.17, 15) is 22.8 Å². The van der Waals surface area contributed by atoms with Crippen LogP contribution in [0.4, 0.5) is 18.9 Å². The second-order valence-corrected chi connectivity index (χ2v) is 4.71. The Morgan fingerprint density at radius 1 is 1.20 bits per heavy atom. The third kappa shape index (κ3) is 3.19. The molecule has 5 N–H and O–H groups in total. The smallest absolute Gasteiger partial charge is 0.398 e. The largest absolute Gasteiger partial charge is 0.418 e. The molecular weight excluding hydrogens is 275 g/mol. The molecule has 1 aromatic carbocycles. The molecule has 0 spiro atoms. The Kier molecular flexibility index (Phi) is 3.97. The van der Waals surface area contributed by atoms with Crippen molar-refractivity contribution < 1.29 is 22.8 Å². The number of rotatable bonds is 3. The molecule has 1 rings (SSSR count). The van der Waals surface area contributed by atoms with Gasteiger partial charge in [0.05, 0.1) is 16.8 Å². The van der Waals surface area contributed by atoms with Crippen LogP contribution in [0.1, 0.15) is 29.8 Å². The molecule has 0 unspecified atom stereocenters. The van der Waals surface area contributed by atoms with Crippen LogP contribution in [0.3, 0.4) is 0 Å². The van der Waals surface area contributed by atoms with Gasteiger partial charge >= 0.3 is 6.18 Å². The first-order valence-corrected chi connectivity index (χ1v) is 5.55. The normalized spacial score (nSPS) is 12.1. The Hall–Kier alpha value is -2.25. The predicted molar refractivity (Wildman–Crippen MR) is 66.6 cm³/mol. The number of halogens is 3. The number of para-hydroxylation sites is 1. The van der Waals surface area contributed by atoms with Crippen molar-refractivity contribution in [1.29, 1.82) is 0 Å². The summed E-state index contributed by atoms with van der Waals surface area (Å²) in [5.74, 6) is -1.73. The van der Waals surface area contributed by atoms with Gasteiger partial charge in [-0.15, -0.1) is 0 Å². The molecule has 0 aliphatic carbocycles. The second kappa shape index (κ2) is 5.03. The number of nitrogen functional groups attached to an aromatic ring is 1. The number of hydrogen-bond acceptors (Lipinski definition) is 3. The number of carbonyl (C=O) groups excluding carboxylic acids is 2. The molecule has 20 heavy (non-hydrogen) atoms. The molecule has 0 atom stereocenters. The van der Waals surface area contributed by atoms with Gasteiger partial charge in [-0.25, -0.2) is 0 Å². The highest BCUT2D eigenvalue weighted by atomic mass is 19.4. The predicted octanol–water partition coefficient (Wildman–Crippen LogP) is 1.28. The molecule has 0 aliphatic heterocycles. The number of nitrogens with two attached hydrogens (primary N) is 2. The SMILES string of the molecule is CC(C)(NC(=O)c1cccc(C(F)(F)F)c1N)C(N)=O. The molecule has 1 aromatic rings. The molecule has 0 heterocycles. The molecule has 0 aliphatic rings. The van der Waals surface area contributed by atoms with Crippen molar-refractivity contribution in [3.8, 4) is 0 Å². The van der Waals surface area contributed by atoms with Gasteiger partial charge in [0.25, 0.3) is 5.91 Å². The highest BCUT2D eigenvalue weighted by Gasteiger charge is 2.35. The average Bonchev–Trinajstić information content (AvgIpc) is 2.26. The van der Waals surface area contributed by atoms with Gasteiger partial charge < -0.3 is 16.8 Å². The Morgan fingerprint density at radius 3 is 2.20 bits per heavy atom. The fourth-order valence-electron chi connectivity index (χ4n) is 1.42. The average molecular weight is 289 g/mol. The fourth-order valence-corrected chi connectivity index (χ4v) is 1.42. The van der Waals surface area contributed by atoms with Gasteiger partial charge in [0.15, 0.2) is 0 Å². The lowest BCUT2D eigenvalue weighted by atomic mass is 10.0. The Bertz CT molecular complexity index is 553. The maximum absolute atomic E-state index is 12.7. The van der Waals surface area contributed by atoms with Crippen LogP contribution in [0.2, 0.25) is 0 Å². The van der Waals surface area contributed by atoms with E-state index in [0.29, 0.717) is 0 Å². The van der Waals surface area contributed by atoms with E-state index in [1.165, 1.54) is 13.8 Å². The Labute approximate surface area is 113 Å². The molecule has 5 nitrogen and oxygen atoms in total. The summed E-state index contributed by atoms with van der Waals surface area (Å²) in [7, 11) is 0. The topological polar surface area (TPSA) is 98.2 Å². The summed E-state index contributed by atoms with van der Waals surface area (Å²) in [6, 6.07) is 2.97. The van der Waals surface area contributed by atoms with Crippen molar-refractivity contribution in [2.75, 3.05) is 5.73 Å². The molecule has 0 fully saturated rings. The standard InChI is InChI=1S/C12H14F3N3O2/c1-11(2,10(17)20)18-9(19)6-4-3-5-7(8(6)16)12(13,14)15/h3-5H,16H2,1-2H3,(H2,17,20)(H,18,19). The first kappa shape index (κ1) is 15.8. The number of nitrogens with one attached hydrogen (secondary N) is 1. The van der Waals surface area contributed by atoms with Crippen molar-refractivity contribution in [2.45, 2.75) is 25.6 Å². The summed E-state index contributed by atoms with van der Waals surface area (Å²) in [5.41, 5.74) is 6.86. The Balaban J connectivity index is 3.16. The first-order valence-electron chi connectivity index (χ1n) is 5.55. The molecule has 0 saturated carbocycles. The van der Waals surface area contributed by atoms with Gasteiger partial charge in [0.1, 0.15) is 5.54 Å². The third-order valence-corrected chi connectivity index (χ3v) is 2.70. The summed E-state index contributed by atoms with van der Waals surface area (Å²) in [6.07, 6.45) is -4.67. The molecule has 0 saturated heterocycles. The summed E-state index contributed by atoms with van der Waals surface area (Å²) in [4.78, 5) is 23.0. The fraction of sp³-hybridized carbons (Fsp3) is 0.333. The first-order chi connectivity index (χ1) is 8.97. The van der Waals surface area contributed by atoms with Crippen LogP contribution in [0.5, 0.6) is 0 Å². The van der Waals surface area contributed by atoms with Crippen LogP contribution in [0.25, 0.3) is 0 Å². The summed E-state index contributed by atoms with van der Waals surface area (Å²) >= 11 is 0. The molecule has 110 valence electrons. The quantitative estimate of drug-likeness (QED) is 0.731. The monoisotopic (exact) mass is 289 g/mol. The van der Waals surface area contributed by atoms with Crippen LogP contribution in [0.15, 0.2) is 18.2 Å². The minimum atomic E-state index is -4.67. The van der Waals surface area contributed by atoms with Crippen molar-refractivity contribution in [3.63, 3.8) is 0 Å². The Morgan fingerprint density at radius 2 is 1.75 bits per heavy atom. The minimum Gasteiger partial charge on any atom is -0.398 e. The highest BCUT2D eigenvalue weighted by molar-refractivity contribution is 6.02.